The van der Waals surface area contributed by atoms with Gasteiger partial charge in [-0.2, -0.15) is 0 Å². The minimum absolute atomic E-state index is 0.102. The van der Waals surface area contributed by atoms with Crippen LogP contribution in [0.5, 0.6) is 5.75 Å². The van der Waals surface area contributed by atoms with E-state index in [4.69, 9.17) is 10.5 Å². The topological polar surface area (TPSA) is 48.1 Å². The van der Waals surface area contributed by atoms with E-state index < -0.39 is 0 Å². The molecule has 0 aliphatic rings. The summed E-state index contributed by atoms with van der Waals surface area (Å²) in [7, 11) is 0. The van der Waals surface area contributed by atoms with Crippen LogP contribution in [0.4, 0.5) is 0 Å². The standard InChI is InChI=1S/C16H20N2O/c1-3-13-6-8-15(9-7-13)19-16(12(2)17)14-5-4-10-18-11-14/h4-12,16H,3,17H2,1-2H3. The molecule has 0 fully saturated rings. The third-order valence-corrected chi connectivity index (χ3v) is 3.09. The summed E-state index contributed by atoms with van der Waals surface area (Å²) in [5, 5.41) is 0. The molecule has 3 nitrogen and oxygen atoms in total. The molecule has 2 unspecified atom stereocenters. The highest BCUT2D eigenvalue weighted by atomic mass is 16.5. The highest BCUT2D eigenvalue weighted by molar-refractivity contribution is 5.28. The van der Waals surface area contributed by atoms with Gasteiger partial charge in [0, 0.05) is 24.0 Å². The van der Waals surface area contributed by atoms with Crippen molar-refractivity contribution in [3.63, 3.8) is 0 Å². The predicted octanol–water partition coefficient (Wildman–Crippen LogP) is 3.11. The first kappa shape index (κ1) is 13.6. The molecule has 2 aromatic rings. The Morgan fingerprint density at radius 3 is 2.47 bits per heavy atom. The molecule has 2 N–H and O–H groups in total. The smallest absolute Gasteiger partial charge is 0.140 e. The molecule has 0 radical (unpaired) electrons. The number of rotatable bonds is 5. The zero-order valence-electron chi connectivity index (χ0n) is 11.4. The second-order valence-corrected chi connectivity index (χ2v) is 4.68. The van der Waals surface area contributed by atoms with Crippen LogP contribution in [-0.2, 0) is 6.42 Å². The molecule has 0 spiro atoms. The molecule has 19 heavy (non-hydrogen) atoms. The molecule has 0 saturated heterocycles. The molecule has 1 aromatic heterocycles. The van der Waals surface area contributed by atoms with E-state index in [-0.39, 0.29) is 12.1 Å². The van der Waals surface area contributed by atoms with Crippen LogP contribution in [0, 0.1) is 0 Å². The minimum Gasteiger partial charge on any atom is -0.484 e. The molecule has 0 saturated carbocycles. The van der Waals surface area contributed by atoms with E-state index in [2.05, 4.69) is 24.0 Å². The second-order valence-electron chi connectivity index (χ2n) is 4.68. The van der Waals surface area contributed by atoms with Gasteiger partial charge in [0.1, 0.15) is 11.9 Å². The summed E-state index contributed by atoms with van der Waals surface area (Å²) in [6.45, 7) is 4.08. The third kappa shape index (κ3) is 3.55. The molecule has 3 heteroatoms. The maximum Gasteiger partial charge on any atom is 0.140 e. The number of nitrogens with two attached hydrogens (primary N) is 1. The second kappa shape index (κ2) is 6.34. The fourth-order valence-electron chi connectivity index (χ4n) is 1.97. The zero-order valence-corrected chi connectivity index (χ0v) is 11.4. The normalized spacial score (nSPS) is 13.8. The van der Waals surface area contributed by atoms with Crippen LogP contribution in [0.3, 0.4) is 0 Å². The van der Waals surface area contributed by atoms with Gasteiger partial charge >= 0.3 is 0 Å². The van der Waals surface area contributed by atoms with Crippen molar-refractivity contribution in [3.05, 3.63) is 59.9 Å². The number of aromatic nitrogens is 1. The number of aryl methyl sites for hydroxylation is 1. The van der Waals surface area contributed by atoms with Crippen LogP contribution < -0.4 is 10.5 Å². The van der Waals surface area contributed by atoms with Crippen molar-refractivity contribution < 1.29 is 4.74 Å². The molecule has 0 amide bonds. The van der Waals surface area contributed by atoms with Crippen molar-refractivity contribution in [2.75, 3.05) is 0 Å². The molecule has 2 rings (SSSR count). The molecular formula is C16H20N2O. The average Bonchev–Trinajstić information content (AvgIpc) is 2.46. The van der Waals surface area contributed by atoms with Gasteiger partial charge in [-0.3, -0.25) is 4.98 Å². The van der Waals surface area contributed by atoms with Crippen LogP contribution in [0.1, 0.15) is 31.1 Å². The highest BCUT2D eigenvalue weighted by Gasteiger charge is 2.18. The molecule has 100 valence electrons. The number of ether oxygens (including phenoxy) is 1. The Hall–Kier alpha value is -1.87. The van der Waals surface area contributed by atoms with Crippen LogP contribution in [-0.4, -0.2) is 11.0 Å². The average molecular weight is 256 g/mol. The Morgan fingerprint density at radius 2 is 1.95 bits per heavy atom. The molecule has 0 aliphatic carbocycles. The van der Waals surface area contributed by atoms with Crippen molar-refractivity contribution in [3.8, 4) is 5.75 Å². The lowest BCUT2D eigenvalue weighted by atomic mass is 10.1. The van der Waals surface area contributed by atoms with E-state index >= 15 is 0 Å². The van der Waals surface area contributed by atoms with E-state index in [0.717, 1.165) is 17.7 Å². The van der Waals surface area contributed by atoms with Gasteiger partial charge in [0.15, 0.2) is 0 Å². The van der Waals surface area contributed by atoms with Gasteiger partial charge in [0.2, 0.25) is 0 Å². The number of pyridine rings is 1. The summed E-state index contributed by atoms with van der Waals surface area (Å²) < 4.78 is 6.00. The third-order valence-electron chi connectivity index (χ3n) is 3.09. The fraction of sp³-hybridized carbons (Fsp3) is 0.312. The minimum atomic E-state index is -0.179. The Morgan fingerprint density at radius 1 is 1.21 bits per heavy atom. The number of nitrogens with zero attached hydrogens (tertiary/aromatic N) is 1. The molecule has 0 bridgehead atoms. The van der Waals surface area contributed by atoms with Crippen LogP contribution in [0.2, 0.25) is 0 Å². The molecule has 1 heterocycles. The zero-order chi connectivity index (χ0) is 13.7. The number of hydrogen-bond donors (Lipinski definition) is 1. The molecule has 2 atom stereocenters. The maximum atomic E-state index is 6.02. The van der Waals surface area contributed by atoms with Crippen LogP contribution >= 0.6 is 0 Å². The Labute approximate surface area is 114 Å². The SMILES string of the molecule is CCc1ccc(OC(c2cccnc2)C(C)N)cc1. The number of benzene rings is 1. The quantitative estimate of drug-likeness (QED) is 0.894. The van der Waals surface area contributed by atoms with E-state index in [1.807, 2.05) is 31.2 Å². The van der Waals surface area contributed by atoms with E-state index in [9.17, 15) is 0 Å². The first-order valence-corrected chi connectivity index (χ1v) is 6.61. The van der Waals surface area contributed by atoms with Crippen molar-refractivity contribution in [1.29, 1.82) is 0 Å². The van der Waals surface area contributed by atoms with E-state index in [1.165, 1.54) is 5.56 Å². The van der Waals surface area contributed by atoms with Gasteiger partial charge < -0.3 is 10.5 Å². The molecular weight excluding hydrogens is 236 g/mol. The van der Waals surface area contributed by atoms with E-state index in [0.29, 0.717) is 0 Å². The lowest BCUT2D eigenvalue weighted by Crippen LogP contribution is -2.29. The van der Waals surface area contributed by atoms with Crippen LogP contribution in [0.25, 0.3) is 0 Å². The Kier molecular flexibility index (Phi) is 4.53. The molecule has 1 aromatic carbocycles. The van der Waals surface area contributed by atoms with Crippen LogP contribution in [0.15, 0.2) is 48.8 Å². The van der Waals surface area contributed by atoms with Crippen molar-refractivity contribution >= 4 is 0 Å². The predicted molar refractivity (Wildman–Crippen MR) is 77.1 cm³/mol. The van der Waals surface area contributed by atoms with Gasteiger partial charge in [0.05, 0.1) is 0 Å². The largest absolute Gasteiger partial charge is 0.484 e. The monoisotopic (exact) mass is 256 g/mol. The van der Waals surface area contributed by atoms with Gasteiger partial charge in [0.25, 0.3) is 0 Å². The van der Waals surface area contributed by atoms with Crippen molar-refractivity contribution in [1.82, 2.24) is 4.98 Å². The first-order chi connectivity index (χ1) is 9.20. The van der Waals surface area contributed by atoms with Gasteiger partial charge in [-0.25, -0.2) is 0 Å². The van der Waals surface area contributed by atoms with Crippen molar-refractivity contribution in [2.24, 2.45) is 5.73 Å². The maximum absolute atomic E-state index is 6.02. The summed E-state index contributed by atoms with van der Waals surface area (Å²) in [6.07, 6.45) is 4.40. The first-order valence-electron chi connectivity index (χ1n) is 6.61. The summed E-state index contributed by atoms with van der Waals surface area (Å²) >= 11 is 0. The number of hydrogen-bond acceptors (Lipinski definition) is 3. The van der Waals surface area contributed by atoms with Gasteiger partial charge in [-0.1, -0.05) is 25.1 Å². The summed E-state index contributed by atoms with van der Waals surface area (Å²) in [4.78, 5) is 4.12. The molecule has 0 aliphatic heterocycles. The summed E-state index contributed by atoms with van der Waals surface area (Å²) in [6, 6.07) is 11.9. The summed E-state index contributed by atoms with van der Waals surface area (Å²) in [5.74, 6) is 0.836. The highest BCUT2D eigenvalue weighted by Crippen LogP contribution is 2.24. The lowest BCUT2D eigenvalue weighted by Gasteiger charge is -2.22. The fourth-order valence-corrected chi connectivity index (χ4v) is 1.97. The summed E-state index contributed by atoms with van der Waals surface area (Å²) in [5.41, 5.74) is 8.31. The Bertz CT molecular complexity index is 494. The van der Waals surface area contributed by atoms with E-state index in [1.54, 1.807) is 12.4 Å². The lowest BCUT2D eigenvalue weighted by molar-refractivity contribution is 0.180. The Balaban J connectivity index is 2.17. The van der Waals surface area contributed by atoms with Crippen molar-refractivity contribution in [2.45, 2.75) is 32.4 Å². The van der Waals surface area contributed by atoms with Gasteiger partial charge in [-0.05, 0) is 37.1 Å². The van der Waals surface area contributed by atoms with Gasteiger partial charge in [-0.15, -0.1) is 0 Å².